The molecule has 1 aliphatic heterocycles. The zero-order chi connectivity index (χ0) is 9.35. The molecule has 1 rings (SSSR count). The first-order valence-electron chi connectivity index (χ1n) is 4.38. The van der Waals surface area contributed by atoms with Crippen LogP contribution >= 0.6 is 0 Å². The molecule has 0 radical (unpaired) electrons. The van der Waals surface area contributed by atoms with Crippen molar-refractivity contribution in [2.75, 3.05) is 12.3 Å². The summed E-state index contributed by atoms with van der Waals surface area (Å²) in [6.07, 6.45) is 0. The Hall–Kier alpha value is -0.0900. The first kappa shape index (κ1) is 9.99. The van der Waals surface area contributed by atoms with Crippen LogP contribution < -0.4 is 5.32 Å². The van der Waals surface area contributed by atoms with E-state index in [9.17, 15) is 8.42 Å². The van der Waals surface area contributed by atoms with Gasteiger partial charge in [0.05, 0.1) is 11.0 Å². The maximum Gasteiger partial charge on any atom is 0.155 e. The SMILES string of the molecule is CC(C)C1CS(=O)(=O)C(C)CN1. The summed E-state index contributed by atoms with van der Waals surface area (Å²) in [6.45, 7) is 6.45. The van der Waals surface area contributed by atoms with Gasteiger partial charge in [0, 0.05) is 12.6 Å². The number of hydrogen-bond donors (Lipinski definition) is 1. The molecule has 0 bridgehead atoms. The Morgan fingerprint density at radius 3 is 2.42 bits per heavy atom. The second-order valence-corrected chi connectivity index (χ2v) is 6.36. The minimum Gasteiger partial charge on any atom is -0.311 e. The second kappa shape index (κ2) is 3.34. The van der Waals surface area contributed by atoms with Crippen molar-refractivity contribution in [1.82, 2.24) is 5.32 Å². The summed E-state index contributed by atoms with van der Waals surface area (Å²) in [6, 6.07) is 0.145. The van der Waals surface area contributed by atoms with E-state index in [0.717, 1.165) is 0 Å². The van der Waals surface area contributed by atoms with Gasteiger partial charge in [-0.3, -0.25) is 0 Å². The molecule has 0 aromatic carbocycles. The molecule has 3 nitrogen and oxygen atoms in total. The Bertz CT molecular complexity index is 246. The average molecular weight is 191 g/mol. The first-order valence-corrected chi connectivity index (χ1v) is 6.10. The van der Waals surface area contributed by atoms with Crippen LogP contribution in [0, 0.1) is 5.92 Å². The van der Waals surface area contributed by atoms with Crippen LogP contribution in [0.3, 0.4) is 0 Å². The fourth-order valence-corrected chi connectivity index (χ4v) is 3.03. The molecule has 0 saturated carbocycles. The van der Waals surface area contributed by atoms with Crippen molar-refractivity contribution in [1.29, 1.82) is 0 Å². The van der Waals surface area contributed by atoms with E-state index < -0.39 is 9.84 Å². The summed E-state index contributed by atoms with van der Waals surface area (Å²) in [5.74, 6) is 0.693. The maximum atomic E-state index is 11.5. The van der Waals surface area contributed by atoms with Crippen LogP contribution in [0.2, 0.25) is 0 Å². The van der Waals surface area contributed by atoms with E-state index in [-0.39, 0.29) is 11.3 Å². The van der Waals surface area contributed by atoms with E-state index in [4.69, 9.17) is 0 Å². The Labute approximate surface area is 74.5 Å². The van der Waals surface area contributed by atoms with Crippen molar-refractivity contribution in [2.45, 2.75) is 32.1 Å². The summed E-state index contributed by atoms with van der Waals surface area (Å²) in [5, 5.41) is 3.03. The first-order chi connectivity index (χ1) is 5.43. The molecule has 0 aromatic heterocycles. The van der Waals surface area contributed by atoms with Crippen LogP contribution in [-0.2, 0) is 9.84 Å². The van der Waals surface area contributed by atoms with Gasteiger partial charge in [0.15, 0.2) is 9.84 Å². The molecule has 72 valence electrons. The van der Waals surface area contributed by atoms with Crippen LogP contribution in [0.15, 0.2) is 0 Å². The molecular weight excluding hydrogens is 174 g/mol. The highest BCUT2D eigenvalue weighted by Gasteiger charge is 2.31. The molecule has 0 aliphatic carbocycles. The molecule has 4 heteroatoms. The molecule has 2 unspecified atom stereocenters. The van der Waals surface area contributed by atoms with E-state index in [1.807, 2.05) is 13.8 Å². The standard InChI is InChI=1S/C8H17NO2S/c1-6(2)8-5-12(10,11)7(3)4-9-8/h6-9H,4-5H2,1-3H3. The van der Waals surface area contributed by atoms with Crippen molar-refractivity contribution < 1.29 is 8.42 Å². The van der Waals surface area contributed by atoms with Gasteiger partial charge in [0.2, 0.25) is 0 Å². The number of hydrogen-bond acceptors (Lipinski definition) is 3. The average Bonchev–Trinajstić information content (AvgIpc) is 1.94. The lowest BCUT2D eigenvalue weighted by molar-refractivity contribution is 0.406. The lowest BCUT2D eigenvalue weighted by Gasteiger charge is -2.30. The molecule has 0 spiro atoms. The predicted octanol–water partition coefficient (Wildman–Crippen LogP) is 0.418. The van der Waals surface area contributed by atoms with E-state index in [2.05, 4.69) is 5.32 Å². The molecule has 1 N–H and O–H groups in total. The van der Waals surface area contributed by atoms with Crippen molar-refractivity contribution in [3.8, 4) is 0 Å². The van der Waals surface area contributed by atoms with Gasteiger partial charge in [-0.2, -0.15) is 0 Å². The third-order valence-corrected chi connectivity index (χ3v) is 4.71. The number of sulfone groups is 1. The topological polar surface area (TPSA) is 46.2 Å². The summed E-state index contributed by atoms with van der Waals surface area (Å²) < 4.78 is 22.9. The molecule has 12 heavy (non-hydrogen) atoms. The van der Waals surface area contributed by atoms with Gasteiger partial charge in [-0.25, -0.2) is 8.42 Å². The fraction of sp³-hybridized carbons (Fsp3) is 1.00. The summed E-state index contributed by atoms with van der Waals surface area (Å²) in [7, 11) is -2.82. The smallest absolute Gasteiger partial charge is 0.155 e. The Morgan fingerprint density at radius 2 is 2.00 bits per heavy atom. The van der Waals surface area contributed by atoms with E-state index in [1.165, 1.54) is 0 Å². The lowest BCUT2D eigenvalue weighted by Crippen LogP contribution is -2.51. The van der Waals surface area contributed by atoms with Crippen molar-refractivity contribution >= 4 is 9.84 Å². The third-order valence-electron chi connectivity index (χ3n) is 2.50. The Morgan fingerprint density at radius 1 is 1.42 bits per heavy atom. The van der Waals surface area contributed by atoms with Gasteiger partial charge in [0.1, 0.15) is 0 Å². The molecule has 1 heterocycles. The number of rotatable bonds is 1. The van der Waals surface area contributed by atoms with Crippen molar-refractivity contribution in [2.24, 2.45) is 5.92 Å². The van der Waals surface area contributed by atoms with Gasteiger partial charge < -0.3 is 5.32 Å². The minimum atomic E-state index is -2.82. The van der Waals surface area contributed by atoms with Gasteiger partial charge in [-0.05, 0) is 12.8 Å². The monoisotopic (exact) mass is 191 g/mol. The summed E-state index contributed by atoms with van der Waals surface area (Å²) >= 11 is 0. The zero-order valence-electron chi connectivity index (χ0n) is 7.87. The highest BCUT2D eigenvalue weighted by molar-refractivity contribution is 7.92. The van der Waals surface area contributed by atoms with Gasteiger partial charge in [-0.1, -0.05) is 13.8 Å². The van der Waals surface area contributed by atoms with Gasteiger partial charge in [-0.15, -0.1) is 0 Å². The molecule has 1 saturated heterocycles. The Balaban J connectivity index is 2.70. The fourth-order valence-electron chi connectivity index (χ4n) is 1.35. The van der Waals surface area contributed by atoms with Crippen LogP contribution in [0.5, 0.6) is 0 Å². The zero-order valence-corrected chi connectivity index (χ0v) is 8.69. The number of nitrogens with one attached hydrogen (secondary N) is 1. The molecular formula is C8H17NO2S. The van der Waals surface area contributed by atoms with Crippen LogP contribution in [0.4, 0.5) is 0 Å². The van der Waals surface area contributed by atoms with Crippen molar-refractivity contribution in [3.05, 3.63) is 0 Å². The van der Waals surface area contributed by atoms with E-state index >= 15 is 0 Å². The van der Waals surface area contributed by atoms with Gasteiger partial charge >= 0.3 is 0 Å². The second-order valence-electron chi connectivity index (χ2n) is 3.90. The predicted molar refractivity (Wildman–Crippen MR) is 49.9 cm³/mol. The largest absolute Gasteiger partial charge is 0.311 e. The van der Waals surface area contributed by atoms with Crippen LogP contribution in [0.25, 0.3) is 0 Å². The maximum absolute atomic E-state index is 11.5. The quantitative estimate of drug-likeness (QED) is 0.653. The molecule has 1 fully saturated rings. The van der Waals surface area contributed by atoms with Gasteiger partial charge in [0.25, 0.3) is 0 Å². The normalized spacial score (nSPS) is 35.3. The lowest BCUT2D eigenvalue weighted by atomic mass is 10.1. The van der Waals surface area contributed by atoms with Crippen LogP contribution in [0.1, 0.15) is 20.8 Å². The highest BCUT2D eigenvalue weighted by atomic mass is 32.2. The molecule has 2 atom stereocenters. The molecule has 0 aromatic rings. The van der Waals surface area contributed by atoms with E-state index in [0.29, 0.717) is 18.2 Å². The van der Waals surface area contributed by atoms with Crippen molar-refractivity contribution in [3.63, 3.8) is 0 Å². The molecule has 1 aliphatic rings. The highest BCUT2D eigenvalue weighted by Crippen LogP contribution is 2.14. The van der Waals surface area contributed by atoms with E-state index in [1.54, 1.807) is 6.92 Å². The summed E-state index contributed by atoms with van der Waals surface area (Å²) in [5.41, 5.74) is 0. The third kappa shape index (κ3) is 1.98. The Kier molecular flexibility index (Phi) is 2.78. The van der Waals surface area contributed by atoms with Crippen LogP contribution in [-0.4, -0.2) is 32.0 Å². The molecule has 0 amide bonds. The summed E-state index contributed by atoms with van der Waals surface area (Å²) in [4.78, 5) is 0. The minimum absolute atomic E-state index is 0.145.